The van der Waals surface area contributed by atoms with Gasteiger partial charge in [-0.1, -0.05) is 25.1 Å². The Labute approximate surface area is 153 Å². The van der Waals surface area contributed by atoms with Gasteiger partial charge < -0.3 is 10.1 Å². The summed E-state index contributed by atoms with van der Waals surface area (Å²) >= 11 is 0. The average molecular weight is 349 g/mol. The van der Waals surface area contributed by atoms with Crippen LogP contribution in [0, 0.1) is 6.92 Å². The van der Waals surface area contributed by atoms with Gasteiger partial charge in [-0.25, -0.2) is 4.98 Å². The Kier molecular flexibility index (Phi) is 5.16. The maximum atomic E-state index is 12.8. The number of carbonyl (C=O) groups is 1. The molecule has 0 aliphatic rings. The van der Waals surface area contributed by atoms with Gasteiger partial charge in [0.1, 0.15) is 0 Å². The lowest BCUT2D eigenvalue weighted by Gasteiger charge is -2.15. The van der Waals surface area contributed by atoms with Gasteiger partial charge in [0.05, 0.1) is 22.9 Å². The number of hydrogen-bond acceptors (Lipinski definition) is 4. The summed E-state index contributed by atoms with van der Waals surface area (Å²) in [5.41, 5.74) is 4.16. The van der Waals surface area contributed by atoms with Crippen molar-refractivity contribution in [1.82, 2.24) is 9.97 Å². The van der Waals surface area contributed by atoms with Gasteiger partial charge in [-0.15, -0.1) is 0 Å². The summed E-state index contributed by atoms with van der Waals surface area (Å²) in [4.78, 5) is 21.6. The molecule has 0 aliphatic carbocycles. The first-order chi connectivity index (χ1) is 12.5. The lowest BCUT2D eigenvalue weighted by Crippen LogP contribution is -2.15. The second kappa shape index (κ2) is 7.52. The molecule has 1 amide bonds. The Morgan fingerprint density at radius 1 is 1.19 bits per heavy atom. The highest BCUT2D eigenvalue weighted by Gasteiger charge is 2.15. The molecule has 1 N–H and O–H groups in total. The predicted molar refractivity (Wildman–Crippen MR) is 104 cm³/mol. The first-order valence-electron chi connectivity index (χ1n) is 8.82. The summed E-state index contributed by atoms with van der Waals surface area (Å²) < 4.78 is 5.53. The number of anilines is 1. The van der Waals surface area contributed by atoms with Gasteiger partial charge in [-0.3, -0.25) is 9.78 Å². The molecule has 134 valence electrons. The molecule has 1 aromatic carbocycles. The quantitative estimate of drug-likeness (QED) is 0.734. The number of ether oxygens (including phenoxy) is 1. The summed E-state index contributed by atoms with van der Waals surface area (Å²) in [6, 6.07) is 11.3. The van der Waals surface area contributed by atoms with Crippen molar-refractivity contribution in [2.75, 3.05) is 5.32 Å². The SMILES string of the molecule is CCc1c(C)nc2ccccc2c1NC(=O)c1ccc(OC(C)C)nc1. The fraction of sp³-hybridized carbons (Fsp3) is 0.286. The molecule has 0 spiro atoms. The number of carbonyl (C=O) groups excluding carboxylic acids is 1. The van der Waals surface area contributed by atoms with Gasteiger partial charge >= 0.3 is 0 Å². The Balaban J connectivity index is 1.94. The summed E-state index contributed by atoms with van der Waals surface area (Å²) in [6.45, 7) is 7.91. The maximum Gasteiger partial charge on any atom is 0.257 e. The van der Waals surface area contributed by atoms with Gasteiger partial charge in [0.25, 0.3) is 5.91 Å². The fourth-order valence-corrected chi connectivity index (χ4v) is 2.96. The lowest BCUT2D eigenvalue weighted by molar-refractivity contribution is 0.102. The van der Waals surface area contributed by atoms with Gasteiger partial charge in [0.2, 0.25) is 5.88 Å². The second-order valence-corrected chi connectivity index (χ2v) is 6.43. The van der Waals surface area contributed by atoms with Crippen LogP contribution in [-0.4, -0.2) is 22.0 Å². The third kappa shape index (κ3) is 3.67. The molecule has 0 bridgehead atoms. The summed E-state index contributed by atoms with van der Waals surface area (Å²) in [7, 11) is 0. The number of hydrogen-bond donors (Lipinski definition) is 1. The van der Waals surface area contributed by atoms with Crippen LogP contribution in [0.4, 0.5) is 5.69 Å². The number of fused-ring (bicyclic) bond motifs is 1. The molecule has 0 saturated heterocycles. The van der Waals surface area contributed by atoms with E-state index in [1.807, 2.05) is 45.0 Å². The minimum Gasteiger partial charge on any atom is -0.475 e. The van der Waals surface area contributed by atoms with Gasteiger partial charge in [-0.2, -0.15) is 0 Å². The van der Waals surface area contributed by atoms with Crippen LogP contribution in [0.5, 0.6) is 5.88 Å². The third-order valence-corrected chi connectivity index (χ3v) is 4.15. The Hall–Kier alpha value is -2.95. The number of nitrogens with one attached hydrogen (secondary N) is 1. The molecule has 3 aromatic rings. The van der Waals surface area contributed by atoms with Crippen LogP contribution in [0.1, 0.15) is 42.4 Å². The molecule has 26 heavy (non-hydrogen) atoms. The number of nitrogens with zero attached hydrogens (tertiary/aromatic N) is 2. The highest BCUT2D eigenvalue weighted by molar-refractivity contribution is 6.09. The highest BCUT2D eigenvalue weighted by Crippen LogP contribution is 2.29. The van der Waals surface area contributed by atoms with Crippen LogP contribution < -0.4 is 10.1 Å². The van der Waals surface area contributed by atoms with Crippen molar-refractivity contribution in [2.45, 2.75) is 40.2 Å². The monoisotopic (exact) mass is 349 g/mol. The van der Waals surface area contributed by atoms with E-state index in [1.165, 1.54) is 6.20 Å². The van der Waals surface area contributed by atoms with E-state index in [0.29, 0.717) is 11.4 Å². The smallest absolute Gasteiger partial charge is 0.257 e. The van der Waals surface area contributed by atoms with Crippen LogP contribution in [-0.2, 0) is 6.42 Å². The molecule has 0 saturated carbocycles. The minimum absolute atomic E-state index is 0.0421. The van der Waals surface area contributed by atoms with E-state index < -0.39 is 0 Å². The molecule has 0 radical (unpaired) electrons. The average Bonchev–Trinajstić information content (AvgIpc) is 2.62. The van der Waals surface area contributed by atoms with Crippen molar-refractivity contribution < 1.29 is 9.53 Å². The zero-order chi connectivity index (χ0) is 18.7. The maximum absolute atomic E-state index is 12.8. The number of aryl methyl sites for hydroxylation is 1. The summed E-state index contributed by atoms with van der Waals surface area (Å²) in [6.07, 6.45) is 2.37. The number of aromatic nitrogens is 2. The summed E-state index contributed by atoms with van der Waals surface area (Å²) in [5.74, 6) is 0.315. The molecule has 5 heteroatoms. The molecule has 0 aliphatic heterocycles. The van der Waals surface area contributed by atoms with Crippen molar-refractivity contribution in [2.24, 2.45) is 0 Å². The second-order valence-electron chi connectivity index (χ2n) is 6.43. The van der Waals surface area contributed by atoms with Crippen molar-refractivity contribution in [3.63, 3.8) is 0 Å². The van der Waals surface area contributed by atoms with Crippen LogP contribution in [0.15, 0.2) is 42.6 Å². The number of amides is 1. The van der Waals surface area contributed by atoms with E-state index in [2.05, 4.69) is 22.2 Å². The molecule has 5 nitrogen and oxygen atoms in total. The first-order valence-corrected chi connectivity index (χ1v) is 8.82. The van der Waals surface area contributed by atoms with Gasteiger partial charge in [0, 0.05) is 23.3 Å². The molecule has 0 fully saturated rings. The molecule has 2 aromatic heterocycles. The third-order valence-electron chi connectivity index (χ3n) is 4.15. The van der Waals surface area contributed by atoms with Crippen LogP contribution in [0.3, 0.4) is 0 Å². The molecule has 2 heterocycles. The largest absolute Gasteiger partial charge is 0.475 e. The van der Waals surface area contributed by atoms with Crippen molar-refractivity contribution in [3.8, 4) is 5.88 Å². The molecule has 0 atom stereocenters. The van der Waals surface area contributed by atoms with E-state index in [4.69, 9.17) is 4.74 Å². The Bertz CT molecular complexity index is 934. The van der Waals surface area contributed by atoms with Crippen molar-refractivity contribution >= 4 is 22.5 Å². The van der Waals surface area contributed by atoms with E-state index in [-0.39, 0.29) is 12.0 Å². The first kappa shape index (κ1) is 17.9. The van der Waals surface area contributed by atoms with Crippen LogP contribution >= 0.6 is 0 Å². The van der Waals surface area contributed by atoms with E-state index in [0.717, 1.165) is 34.3 Å². The fourth-order valence-electron chi connectivity index (χ4n) is 2.96. The number of benzene rings is 1. The Morgan fingerprint density at radius 3 is 2.62 bits per heavy atom. The topological polar surface area (TPSA) is 64.1 Å². The normalized spacial score (nSPS) is 11.0. The predicted octanol–water partition coefficient (Wildman–Crippen LogP) is 4.54. The van der Waals surface area contributed by atoms with Crippen LogP contribution in [0.2, 0.25) is 0 Å². The van der Waals surface area contributed by atoms with Crippen molar-refractivity contribution in [3.05, 3.63) is 59.4 Å². The highest BCUT2D eigenvalue weighted by atomic mass is 16.5. The molecule has 3 rings (SSSR count). The summed E-state index contributed by atoms with van der Waals surface area (Å²) in [5, 5.41) is 4.00. The molecule has 0 unspecified atom stereocenters. The lowest BCUT2D eigenvalue weighted by atomic mass is 10.0. The van der Waals surface area contributed by atoms with Gasteiger partial charge in [-0.05, 0) is 44.9 Å². The molecular formula is C21H23N3O2. The Morgan fingerprint density at radius 2 is 1.96 bits per heavy atom. The minimum atomic E-state index is -0.195. The zero-order valence-electron chi connectivity index (χ0n) is 15.5. The van der Waals surface area contributed by atoms with Gasteiger partial charge in [0.15, 0.2) is 0 Å². The van der Waals surface area contributed by atoms with Crippen molar-refractivity contribution in [1.29, 1.82) is 0 Å². The zero-order valence-corrected chi connectivity index (χ0v) is 15.5. The standard InChI is InChI=1S/C21H23N3O2/c1-5-16-14(4)23-18-9-7-6-8-17(18)20(16)24-21(25)15-10-11-19(22-12-15)26-13(2)3/h6-13H,5H2,1-4H3,(H,23,24,25). The van der Waals surface area contributed by atoms with E-state index >= 15 is 0 Å². The molecular weight excluding hydrogens is 326 g/mol. The number of para-hydroxylation sites is 1. The van der Waals surface area contributed by atoms with Crippen LogP contribution in [0.25, 0.3) is 10.9 Å². The number of pyridine rings is 2. The van der Waals surface area contributed by atoms with E-state index in [1.54, 1.807) is 12.1 Å². The number of rotatable bonds is 5. The van der Waals surface area contributed by atoms with E-state index in [9.17, 15) is 4.79 Å².